The van der Waals surface area contributed by atoms with Crippen molar-refractivity contribution in [3.63, 3.8) is 0 Å². The van der Waals surface area contributed by atoms with E-state index in [9.17, 15) is 13.6 Å². The Morgan fingerprint density at radius 2 is 2.20 bits per heavy atom. The Morgan fingerprint density at radius 1 is 1.37 bits per heavy atom. The number of amides is 1. The van der Waals surface area contributed by atoms with Crippen LogP contribution in [-0.4, -0.2) is 38.9 Å². The van der Waals surface area contributed by atoms with Crippen LogP contribution in [0.15, 0.2) is 30.6 Å². The number of aryl methyl sites for hydroxylation is 1. The fourth-order valence-electron chi connectivity index (χ4n) is 3.52. The van der Waals surface area contributed by atoms with Crippen molar-refractivity contribution in [1.29, 1.82) is 0 Å². The van der Waals surface area contributed by atoms with E-state index in [-0.39, 0.29) is 11.6 Å². The summed E-state index contributed by atoms with van der Waals surface area (Å²) in [5.41, 5.74) is 9.33. The quantitative estimate of drug-likeness (QED) is 0.644. The number of halogens is 2. The van der Waals surface area contributed by atoms with Gasteiger partial charge in [0, 0.05) is 43.7 Å². The Morgan fingerprint density at radius 3 is 2.90 bits per heavy atom. The first kappa shape index (κ1) is 20.3. The summed E-state index contributed by atoms with van der Waals surface area (Å²) in [5.74, 6) is -0.697. The van der Waals surface area contributed by atoms with Crippen molar-refractivity contribution in [3.8, 4) is 16.3 Å². The van der Waals surface area contributed by atoms with Gasteiger partial charge in [-0.05, 0) is 36.6 Å². The highest BCUT2D eigenvalue weighted by Crippen LogP contribution is 2.34. The number of carbonyl (C=O) groups is 1. The molecule has 2 N–H and O–H groups in total. The first-order valence-electron chi connectivity index (χ1n) is 9.26. The maximum atomic E-state index is 12.4. The number of nitrogens with zero attached hydrogens (tertiary/aromatic N) is 4. The number of pyridine rings is 2. The summed E-state index contributed by atoms with van der Waals surface area (Å²) in [5, 5.41) is 0.938. The lowest BCUT2D eigenvalue weighted by molar-refractivity contribution is -0.0529. The smallest absolute Gasteiger partial charge is 0.388 e. The van der Waals surface area contributed by atoms with E-state index in [1.807, 2.05) is 6.92 Å². The third-order valence-corrected chi connectivity index (χ3v) is 5.76. The minimum atomic E-state index is -2.92. The van der Waals surface area contributed by atoms with Gasteiger partial charge in [-0.1, -0.05) is 0 Å². The molecule has 156 valence electrons. The van der Waals surface area contributed by atoms with Crippen LogP contribution in [0.25, 0.3) is 10.4 Å². The number of nitrogens with two attached hydrogens (primary N) is 1. The second kappa shape index (κ2) is 8.41. The zero-order chi connectivity index (χ0) is 21.3. The molecule has 7 nitrogen and oxygen atoms in total. The van der Waals surface area contributed by atoms with Crippen LogP contribution in [0.2, 0.25) is 0 Å². The van der Waals surface area contributed by atoms with Crippen LogP contribution in [0.5, 0.6) is 5.88 Å². The molecule has 0 aromatic carbocycles. The van der Waals surface area contributed by atoms with Crippen molar-refractivity contribution in [2.75, 3.05) is 6.54 Å². The summed E-state index contributed by atoms with van der Waals surface area (Å²) in [4.78, 5) is 27.5. The topological polar surface area (TPSA) is 94.2 Å². The zero-order valence-corrected chi connectivity index (χ0v) is 17.0. The van der Waals surface area contributed by atoms with Gasteiger partial charge in [0.1, 0.15) is 5.69 Å². The number of hydrogen-bond acceptors (Lipinski definition) is 7. The Labute approximate surface area is 175 Å². The third-order valence-electron chi connectivity index (χ3n) is 4.82. The molecule has 4 rings (SSSR count). The number of hydrogen-bond donors (Lipinski definition) is 1. The summed E-state index contributed by atoms with van der Waals surface area (Å²) in [6, 6.07) is 4.99. The molecule has 0 atom stereocenters. The monoisotopic (exact) mass is 431 g/mol. The van der Waals surface area contributed by atoms with Gasteiger partial charge in [-0.3, -0.25) is 9.69 Å². The standard InChI is InChI=1S/C20H19F2N5O2S/c1-11-25-8-17(30-11)14-7-15(19(23)28)26-16-10-27(5-3-13(14)16)9-12-2-4-24-18(6-12)29-20(21)22/h2,4,6-8,20H,3,5,9-10H2,1H3,(H2,23,28). The van der Waals surface area contributed by atoms with Crippen LogP contribution in [0.1, 0.15) is 32.3 Å². The van der Waals surface area contributed by atoms with Gasteiger partial charge in [-0.25, -0.2) is 15.0 Å². The fraction of sp³-hybridized carbons (Fsp3) is 0.300. The second-order valence-corrected chi connectivity index (χ2v) is 8.16. The molecule has 0 spiro atoms. The molecule has 1 amide bonds. The molecule has 0 unspecified atom stereocenters. The molecule has 4 heterocycles. The van der Waals surface area contributed by atoms with E-state index in [4.69, 9.17) is 5.73 Å². The van der Waals surface area contributed by atoms with Crippen LogP contribution < -0.4 is 10.5 Å². The minimum Gasteiger partial charge on any atom is -0.417 e. The highest BCUT2D eigenvalue weighted by atomic mass is 32.1. The zero-order valence-electron chi connectivity index (χ0n) is 16.1. The van der Waals surface area contributed by atoms with Gasteiger partial charge in [0.25, 0.3) is 5.91 Å². The summed E-state index contributed by atoms with van der Waals surface area (Å²) in [7, 11) is 0. The Kier molecular flexibility index (Phi) is 5.69. The maximum absolute atomic E-state index is 12.4. The van der Waals surface area contributed by atoms with Crippen molar-refractivity contribution in [1.82, 2.24) is 19.9 Å². The van der Waals surface area contributed by atoms with Crippen LogP contribution in [0.3, 0.4) is 0 Å². The van der Waals surface area contributed by atoms with Crippen LogP contribution in [0, 0.1) is 6.92 Å². The summed E-state index contributed by atoms with van der Waals surface area (Å²) >= 11 is 1.56. The lowest BCUT2D eigenvalue weighted by atomic mass is 9.97. The molecular formula is C20H19F2N5O2S. The molecular weight excluding hydrogens is 412 g/mol. The fourth-order valence-corrected chi connectivity index (χ4v) is 4.35. The molecule has 0 bridgehead atoms. The second-order valence-electron chi connectivity index (χ2n) is 6.93. The first-order chi connectivity index (χ1) is 14.4. The molecule has 0 fully saturated rings. The van der Waals surface area contributed by atoms with E-state index < -0.39 is 12.5 Å². The van der Waals surface area contributed by atoms with Crippen LogP contribution in [-0.2, 0) is 19.5 Å². The SMILES string of the molecule is Cc1ncc(-c2cc(C(N)=O)nc3c2CCN(Cc2ccnc(OC(F)F)c2)C3)s1. The molecule has 1 aliphatic rings. The number of primary amides is 1. The Balaban J connectivity index is 1.60. The number of fused-ring (bicyclic) bond motifs is 1. The van der Waals surface area contributed by atoms with E-state index in [1.54, 1.807) is 29.7 Å². The number of carbonyl (C=O) groups excluding carboxylic acids is 1. The highest BCUT2D eigenvalue weighted by molar-refractivity contribution is 7.15. The van der Waals surface area contributed by atoms with E-state index >= 15 is 0 Å². The van der Waals surface area contributed by atoms with Crippen molar-refractivity contribution < 1.29 is 18.3 Å². The van der Waals surface area contributed by atoms with Crippen LogP contribution in [0.4, 0.5) is 8.78 Å². The molecule has 0 aliphatic carbocycles. The Hall–Kier alpha value is -2.98. The van der Waals surface area contributed by atoms with Crippen LogP contribution >= 0.6 is 11.3 Å². The number of rotatable bonds is 6. The van der Waals surface area contributed by atoms with Gasteiger partial charge < -0.3 is 10.5 Å². The first-order valence-corrected chi connectivity index (χ1v) is 10.1. The molecule has 0 saturated carbocycles. The predicted octanol–water partition coefficient (Wildman–Crippen LogP) is 3.17. The van der Waals surface area contributed by atoms with Crippen molar-refractivity contribution in [2.24, 2.45) is 5.73 Å². The summed E-state index contributed by atoms with van der Waals surface area (Å²) in [6.45, 7) is 0.787. The average Bonchev–Trinajstić information content (AvgIpc) is 3.12. The van der Waals surface area contributed by atoms with Gasteiger partial charge in [0.15, 0.2) is 0 Å². The lowest BCUT2D eigenvalue weighted by Crippen LogP contribution is -2.32. The largest absolute Gasteiger partial charge is 0.417 e. The Bertz CT molecular complexity index is 1090. The normalized spacial score (nSPS) is 14.0. The highest BCUT2D eigenvalue weighted by Gasteiger charge is 2.24. The van der Waals surface area contributed by atoms with Gasteiger partial charge in [-0.15, -0.1) is 11.3 Å². The predicted molar refractivity (Wildman–Crippen MR) is 107 cm³/mol. The minimum absolute atomic E-state index is 0.114. The number of alkyl halides is 2. The van der Waals surface area contributed by atoms with E-state index in [2.05, 4.69) is 24.6 Å². The van der Waals surface area contributed by atoms with Gasteiger partial charge >= 0.3 is 6.61 Å². The maximum Gasteiger partial charge on any atom is 0.388 e. The molecule has 1 aliphatic heterocycles. The van der Waals surface area contributed by atoms with Crippen molar-refractivity contribution in [3.05, 3.63) is 58.1 Å². The molecule has 0 radical (unpaired) electrons. The number of ether oxygens (including phenoxy) is 1. The van der Waals surface area contributed by atoms with Gasteiger partial charge in [0.2, 0.25) is 5.88 Å². The van der Waals surface area contributed by atoms with Gasteiger partial charge in [-0.2, -0.15) is 8.78 Å². The lowest BCUT2D eigenvalue weighted by Gasteiger charge is -2.29. The number of thiazole rings is 1. The van der Waals surface area contributed by atoms with Gasteiger partial charge in [0.05, 0.1) is 15.6 Å². The molecule has 30 heavy (non-hydrogen) atoms. The molecule has 10 heteroatoms. The summed E-state index contributed by atoms with van der Waals surface area (Å²) < 4.78 is 29.3. The number of aromatic nitrogens is 3. The third kappa shape index (κ3) is 4.44. The van der Waals surface area contributed by atoms with E-state index in [0.29, 0.717) is 13.1 Å². The van der Waals surface area contributed by atoms with Crippen molar-refractivity contribution >= 4 is 17.2 Å². The molecule has 3 aromatic rings. The van der Waals surface area contributed by atoms with Crippen molar-refractivity contribution in [2.45, 2.75) is 33.0 Å². The van der Waals surface area contributed by atoms with E-state index in [1.165, 1.54) is 12.3 Å². The van der Waals surface area contributed by atoms with E-state index in [0.717, 1.165) is 45.2 Å². The average molecular weight is 431 g/mol. The molecule has 3 aromatic heterocycles. The molecule has 0 saturated heterocycles. The summed E-state index contributed by atoms with van der Waals surface area (Å²) in [6.07, 6.45) is 3.98.